The molecular weight excluding hydrogens is 393 g/mol. The maximum Gasteiger partial charge on any atom is 0.251 e. The third-order valence-electron chi connectivity index (χ3n) is 5.09. The number of hydrogen-bond donors (Lipinski definition) is 2. The lowest BCUT2D eigenvalue weighted by atomic mass is 10.0. The van der Waals surface area contributed by atoms with Gasteiger partial charge in [-0.1, -0.05) is 36.4 Å². The lowest BCUT2D eigenvalue weighted by Crippen LogP contribution is -2.25. The number of fused-ring (bicyclic) bond motifs is 1. The molecule has 1 heterocycles. The standard InChI is InChI=1S/C24H20FN5O/c25-17-10-12-18(13-11-17)30-23(27)21(15-26)22(29-30)9-4-14-28-24(31)20-8-3-6-16-5-1-2-7-19(16)20/h1-3,5-8,10-13H,4,9,14,27H2,(H,28,31). The molecule has 0 spiro atoms. The first-order chi connectivity index (χ1) is 15.1. The zero-order valence-corrected chi connectivity index (χ0v) is 16.7. The summed E-state index contributed by atoms with van der Waals surface area (Å²) in [6.45, 7) is 0.427. The molecule has 0 radical (unpaired) electrons. The summed E-state index contributed by atoms with van der Waals surface area (Å²) in [5.74, 6) is -0.297. The second kappa shape index (κ2) is 8.67. The van der Waals surface area contributed by atoms with Gasteiger partial charge in [0.25, 0.3) is 5.91 Å². The first kappa shape index (κ1) is 20.1. The smallest absolute Gasteiger partial charge is 0.251 e. The number of nitriles is 1. The number of nitrogens with zero attached hydrogens (tertiary/aromatic N) is 3. The lowest BCUT2D eigenvalue weighted by molar-refractivity contribution is 0.0955. The van der Waals surface area contributed by atoms with Crippen molar-refractivity contribution in [2.24, 2.45) is 0 Å². The molecule has 0 aliphatic heterocycles. The van der Waals surface area contributed by atoms with Crippen molar-refractivity contribution >= 4 is 22.5 Å². The maximum absolute atomic E-state index is 13.2. The molecule has 31 heavy (non-hydrogen) atoms. The van der Waals surface area contributed by atoms with E-state index in [1.807, 2.05) is 36.4 Å². The van der Waals surface area contributed by atoms with Crippen LogP contribution in [-0.4, -0.2) is 22.2 Å². The molecule has 0 fully saturated rings. The predicted molar refractivity (Wildman–Crippen MR) is 117 cm³/mol. The Balaban J connectivity index is 1.43. The van der Waals surface area contributed by atoms with Crippen molar-refractivity contribution < 1.29 is 9.18 Å². The predicted octanol–water partition coefficient (Wildman–Crippen LogP) is 3.98. The van der Waals surface area contributed by atoms with Gasteiger partial charge in [-0.25, -0.2) is 9.07 Å². The Morgan fingerprint density at radius 3 is 2.61 bits per heavy atom. The van der Waals surface area contributed by atoms with E-state index in [-0.39, 0.29) is 17.5 Å². The number of hydrogen-bond acceptors (Lipinski definition) is 4. The minimum Gasteiger partial charge on any atom is -0.382 e. The molecule has 7 heteroatoms. The molecule has 0 unspecified atom stereocenters. The van der Waals surface area contributed by atoms with Crippen LogP contribution < -0.4 is 11.1 Å². The second-order valence-electron chi connectivity index (χ2n) is 7.09. The Morgan fingerprint density at radius 1 is 1.10 bits per heavy atom. The number of halogens is 1. The van der Waals surface area contributed by atoms with Gasteiger partial charge in [0.2, 0.25) is 0 Å². The van der Waals surface area contributed by atoms with E-state index in [1.165, 1.54) is 16.8 Å². The quantitative estimate of drug-likeness (QED) is 0.467. The summed E-state index contributed by atoms with van der Waals surface area (Å²) in [5, 5.41) is 18.8. The number of carbonyl (C=O) groups excluding carboxylic acids is 1. The summed E-state index contributed by atoms with van der Waals surface area (Å²) in [6, 6.07) is 21.2. The topological polar surface area (TPSA) is 96.7 Å². The van der Waals surface area contributed by atoms with Gasteiger partial charge in [-0.3, -0.25) is 4.79 Å². The number of rotatable bonds is 6. The average Bonchev–Trinajstić information content (AvgIpc) is 3.11. The number of aryl methyl sites for hydroxylation is 1. The van der Waals surface area contributed by atoms with Crippen LogP contribution in [0.25, 0.3) is 16.5 Å². The number of carbonyl (C=O) groups is 1. The summed E-state index contributed by atoms with van der Waals surface area (Å²) in [6.07, 6.45) is 1.06. The van der Waals surface area contributed by atoms with Crippen molar-refractivity contribution in [1.29, 1.82) is 5.26 Å². The molecule has 6 nitrogen and oxygen atoms in total. The van der Waals surface area contributed by atoms with Crippen molar-refractivity contribution in [3.8, 4) is 11.8 Å². The van der Waals surface area contributed by atoms with E-state index < -0.39 is 0 Å². The monoisotopic (exact) mass is 413 g/mol. The molecule has 3 aromatic carbocycles. The molecule has 154 valence electrons. The number of nitrogens with two attached hydrogens (primary N) is 1. The average molecular weight is 413 g/mol. The summed E-state index contributed by atoms with van der Waals surface area (Å²) in [7, 11) is 0. The van der Waals surface area contributed by atoms with E-state index in [1.54, 1.807) is 18.2 Å². The first-order valence-corrected chi connectivity index (χ1v) is 9.88. The maximum atomic E-state index is 13.2. The number of aromatic nitrogens is 2. The Labute approximate surface area is 178 Å². The SMILES string of the molecule is N#Cc1c(CCCNC(=O)c2cccc3ccccc23)nn(-c2ccc(F)cc2)c1N. The normalized spacial score (nSPS) is 10.7. The van der Waals surface area contributed by atoms with Gasteiger partial charge in [0, 0.05) is 12.1 Å². The number of nitrogens with one attached hydrogen (secondary N) is 1. The largest absolute Gasteiger partial charge is 0.382 e. The second-order valence-corrected chi connectivity index (χ2v) is 7.09. The lowest BCUT2D eigenvalue weighted by Gasteiger charge is -2.08. The molecule has 0 aliphatic carbocycles. The highest BCUT2D eigenvalue weighted by atomic mass is 19.1. The van der Waals surface area contributed by atoms with Crippen LogP contribution >= 0.6 is 0 Å². The van der Waals surface area contributed by atoms with E-state index in [0.29, 0.717) is 41.9 Å². The fourth-order valence-corrected chi connectivity index (χ4v) is 3.53. The van der Waals surface area contributed by atoms with Gasteiger partial charge in [0.05, 0.1) is 11.4 Å². The van der Waals surface area contributed by atoms with Crippen LogP contribution in [-0.2, 0) is 6.42 Å². The van der Waals surface area contributed by atoms with Crippen molar-refractivity contribution in [1.82, 2.24) is 15.1 Å². The minimum atomic E-state index is -0.364. The molecular formula is C24H20FN5O. The van der Waals surface area contributed by atoms with Gasteiger partial charge in [-0.15, -0.1) is 0 Å². The highest BCUT2D eigenvalue weighted by molar-refractivity contribution is 6.06. The van der Waals surface area contributed by atoms with Gasteiger partial charge < -0.3 is 11.1 Å². The van der Waals surface area contributed by atoms with Crippen LogP contribution in [0.5, 0.6) is 0 Å². The minimum absolute atomic E-state index is 0.145. The van der Waals surface area contributed by atoms with E-state index in [4.69, 9.17) is 5.73 Å². The molecule has 0 saturated heterocycles. The van der Waals surface area contributed by atoms with Crippen molar-refractivity contribution in [3.63, 3.8) is 0 Å². The molecule has 0 bridgehead atoms. The molecule has 3 N–H and O–H groups in total. The van der Waals surface area contributed by atoms with Gasteiger partial charge in [0.15, 0.2) is 0 Å². The number of benzene rings is 3. The summed E-state index contributed by atoms with van der Waals surface area (Å²) < 4.78 is 14.6. The molecule has 1 aromatic heterocycles. The number of nitrogen functional groups attached to an aromatic ring is 1. The third-order valence-corrected chi connectivity index (χ3v) is 5.09. The van der Waals surface area contributed by atoms with Crippen molar-refractivity contribution in [2.45, 2.75) is 12.8 Å². The number of anilines is 1. The van der Waals surface area contributed by atoms with Gasteiger partial charge in [-0.2, -0.15) is 10.4 Å². The zero-order valence-electron chi connectivity index (χ0n) is 16.7. The van der Waals surface area contributed by atoms with Crippen molar-refractivity contribution in [3.05, 3.63) is 89.4 Å². The molecule has 0 saturated carbocycles. The zero-order chi connectivity index (χ0) is 21.8. The Kier molecular flexibility index (Phi) is 5.63. The summed E-state index contributed by atoms with van der Waals surface area (Å²) in [5.41, 5.74) is 8.12. The fraction of sp³-hybridized carbons (Fsp3) is 0.125. The Bertz CT molecular complexity index is 1280. The highest BCUT2D eigenvalue weighted by Gasteiger charge is 2.16. The number of amides is 1. The van der Waals surface area contributed by atoms with Crippen LogP contribution in [0.4, 0.5) is 10.2 Å². The molecule has 0 atom stereocenters. The molecule has 1 amide bonds. The van der Waals surface area contributed by atoms with E-state index in [2.05, 4.69) is 16.5 Å². The fourth-order valence-electron chi connectivity index (χ4n) is 3.53. The van der Waals surface area contributed by atoms with Crippen LogP contribution in [0, 0.1) is 17.1 Å². The van der Waals surface area contributed by atoms with Crippen LogP contribution in [0.2, 0.25) is 0 Å². The van der Waals surface area contributed by atoms with Crippen LogP contribution in [0.3, 0.4) is 0 Å². The van der Waals surface area contributed by atoms with Gasteiger partial charge in [0.1, 0.15) is 23.3 Å². The van der Waals surface area contributed by atoms with Crippen LogP contribution in [0.15, 0.2) is 66.7 Å². The van der Waals surface area contributed by atoms with Crippen molar-refractivity contribution in [2.75, 3.05) is 12.3 Å². The van der Waals surface area contributed by atoms with E-state index in [9.17, 15) is 14.4 Å². The van der Waals surface area contributed by atoms with Gasteiger partial charge in [-0.05, 0) is 53.9 Å². The van der Waals surface area contributed by atoms with Gasteiger partial charge >= 0.3 is 0 Å². The van der Waals surface area contributed by atoms with E-state index in [0.717, 1.165) is 10.8 Å². The molecule has 4 aromatic rings. The molecule has 4 rings (SSSR count). The Hall–Kier alpha value is -4.18. The highest BCUT2D eigenvalue weighted by Crippen LogP contribution is 2.22. The summed E-state index contributed by atoms with van der Waals surface area (Å²) >= 11 is 0. The Morgan fingerprint density at radius 2 is 1.84 bits per heavy atom. The first-order valence-electron chi connectivity index (χ1n) is 9.88. The third kappa shape index (κ3) is 4.09. The van der Waals surface area contributed by atoms with Crippen LogP contribution in [0.1, 0.15) is 28.0 Å². The summed E-state index contributed by atoms with van der Waals surface area (Å²) in [4.78, 5) is 12.6. The molecule has 0 aliphatic rings. The van der Waals surface area contributed by atoms with E-state index >= 15 is 0 Å².